The second kappa shape index (κ2) is 5.19. The molecule has 0 spiro atoms. The molecule has 80 valence electrons. The van der Waals surface area contributed by atoms with Gasteiger partial charge in [-0.05, 0) is 6.72 Å². The number of hydrogen-bond acceptors (Lipinski definition) is 2. The number of nitrogens with zero attached hydrogens (tertiary/aromatic N) is 2. The number of amidine groups is 1. The molecule has 1 rings (SSSR count). The van der Waals surface area contributed by atoms with Gasteiger partial charge in [0.2, 0.25) is 0 Å². The van der Waals surface area contributed by atoms with Crippen LogP contribution in [0.4, 0.5) is 8.78 Å². The van der Waals surface area contributed by atoms with Gasteiger partial charge in [-0.25, -0.2) is 13.8 Å². The molecule has 5 heteroatoms. The molecule has 0 bridgehead atoms. The van der Waals surface area contributed by atoms with E-state index in [2.05, 4.69) is 21.7 Å². The fourth-order valence-electron chi connectivity index (χ4n) is 1.04. The largest absolute Gasteiger partial charge is 0.397 e. The van der Waals surface area contributed by atoms with Gasteiger partial charge in [0.15, 0.2) is 5.84 Å². The van der Waals surface area contributed by atoms with E-state index in [0.717, 1.165) is 0 Å². The van der Waals surface area contributed by atoms with Crippen molar-refractivity contribution in [3.05, 3.63) is 35.4 Å². The lowest BCUT2D eigenvalue weighted by Crippen LogP contribution is -1.97. The first-order valence-electron chi connectivity index (χ1n) is 4.15. The molecule has 1 aromatic rings. The van der Waals surface area contributed by atoms with Crippen molar-refractivity contribution < 1.29 is 13.6 Å². The summed E-state index contributed by atoms with van der Waals surface area (Å²) >= 11 is 0. The number of oxime groups is 1. The molecular formula is C10H10F2N2O. The summed E-state index contributed by atoms with van der Waals surface area (Å²) in [6.45, 7) is 3.30. The average molecular weight is 212 g/mol. The van der Waals surface area contributed by atoms with Gasteiger partial charge < -0.3 is 4.84 Å². The topological polar surface area (TPSA) is 34.0 Å². The van der Waals surface area contributed by atoms with Gasteiger partial charge in [0.1, 0.15) is 7.11 Å². The van der Waals surface area contributed by atoms with Crippen LogP contribution in [0.1, 0.15) is 17.6 Å². The van der Waals surface area contributed by atoms with Gasteiger partial charge in [-0.1, -0.05) is 29.4 Å². The zero-order chi connectivity index (χ0) is 11.3. The average Bonchev–Trinajstić information content (AvgIpc) is 2.26. The van der Waals surface area contributed by atoms with Gasteiger partial charge in [-0.2, -0.15) is 0 Å². The van der Waals surface area contributed by atoms with Crippen LogP contribution < -0.4 is 0 Å². The third-order valence-corrected chi connectivity index (χ3v) is 1.75. The molecule has 0 unspecified atom stereocenters. The Morgan fingerprint density at radius 2 is 1.93 bits per heavy atom. The maximum Gasteiger partial charge on any atom is 0.263 e. The van der Waals surface area contributed by atoms with E-state index in [4.69, 9.17) is 0 Å². The molecule has 0 aliphatic carbocycles. The van der Waals surface area contributed by atoms with E-state index < -0.39 is 6.43 Å². The minimum Gasteiger partial charge on any atom is -0.397 e. The molecular weight excluding hydrogens is 202 g/mol. The first-order valence-corrected chi connectivity index (χ1v) is 4.15. The normalized spacial score (nSPS) is 11.6. The Labute approximate surface area is 86.1 Å². The highest BCUT2D eigenvalue weighted by molar-refractivity contribution is 6.01. The Balaban J connectivity index is 2.97. The predicted molar refractivity (Wildman–Crippen MR) is 54.5 cm³/mol. The maximum atomic E-state index is 12.2. The molecule has 0 fully saturated rings. The van der Waals surface area contributed by atoms with Crippen molar-refractivity contribution in [2.24, 2.45) is 10.1 Å². The van der Waals surface area contributed by atoms with Gasteiger partial charge in [-0.3, -0.25) is 0 Å². The molecule has 0 heterocycles. The quantitative estimate of drug-likeness (QED) is 0.431. The molecule has 0 aromatic heterocycles. The van der Waals surface area contributed by atoms with Crippen LogP contribution in [0, 0.1) is 0 Å². The first-order chi connectivity index (χ1) is 7.19. The third-order valence-electron chi connectivity index (χ3n) is 1.75. The van der Waals surface area contributed by atoms with Crippen molar-refractivity contribution in [2.75, 3.05) is 7.11 Å². The fraction of sp³-hybridized carbons (Fsp3) is 0.200. The van der Waals surface area contributed by atoms with E-state index >= 15 is 0 Å². The lowest BCUT2D eigenvalue weighted by Gasteiger charge is -2.02. The Bertz CT molecular complexity index is 360. The number of halogens is 2. The molecule has 0 aliphatic heterocycles. The highest BCUT2D eigenvalue weighted by Gasteiger charge is 2.07. The van der Waals surface area contributed by atoms with E-state index in [-0.39, 0.29) is 11.4 Å². The lowest BCUT2D eigenvalue weighted by atomic mass is 10.1. The maximum absolute atomic E-state index is 12.2. The summed E-state index contributed by atoms with van der Waals surface area (Å²) in [6, 6.07) is 5.62. The number of hydrogen-bond donors (Lipinski definition) is 0. The summed E-state index contributed by atoms with van der Waals surface area (Å²) in [5.41, 5.74) is 0.538. The van der Waals surface area contributed by atoms with Crippen molar-refractivity contribution in [2.45, 2.75) is 6.43 Å². The Morgan fingerprint density at radius 3 is 2.33 bits per heavy atom. The highest BCUT2D eigenvalue weighted by atomic mass is 19.3. The number of aliphatic imine (C=N–C) groups is 1. The van der Waals surface area contributed by atoms with Crippen molar-refractivity contribution in [1.29, 1.82) is 0 Å². The Kier molecular flexibility index (Phi) is 3.91. The van der Waals surface area contributed by atoms with Gasteiger partial charge in [0.05, 0.1) is 0 Å². The van der Waals surface area contributed by atoms with Crippen molar-refractivity contribution in [1.82, 2.24) is 0 Å². The summed E-state index contributed by atoms with van der Waals surface area (Å²) < 4.78 is 24.5. The summed E-state index contributed by atoms with van der Waals surface area (Å²) in [4.78, 5) is 8.14. The molecule has 1 aromatic carbocycles. The summed E-state index contributed by atoms with van der Waals surface area (Å²) in [7, 11) is 1.37. The summed E-state index contributed by atoms with van der Waals surface area (Å²) in [5.74, 6) is 0.262. The van der Waals surface area contributed by atoms with E-state index in [1.807, 2.05) is 0 Å². The highest BCUT2D eigenvalue weighted by Crippen LogP contribution is 2.19. The molecule has 0 amide bonds. The number of alkyl halides is 2. The van der Waals surface area contributed by atoms with Crippen molar-refractivity contribution in [3.8, 4) is 0 Å². The second-order valence-electron chi connectivity index (χ2n) is 2.68. The van der Waals surface area contributed by atoms with Crippen LogP contribution in [0.3, 0.4) is 0 Å². The Hall–Kier alpha value is -1.78. The van der Waals surface area contributed by atoms with Crippen LogP contribution in [-0.4, -0.2) is 19.7 Å². The molecule has 0 aliphatic rings. The first kappa shape index (κ1) is 11.3. The van der Waals surface area contributed by atoms with Crippen LogP contribution >= 0.6 is 0 Å². The predicted octanol–water partition coefficient (Wildman–Crippen LogP) is 2.63. The molecule has 15 heavy (non-hydrogen) atoms. The minimum absolute atomic E-state index is 0.0421. The second-order valence-corrected chi connectivity index (χ2v) is 2.68. The lowest BCUT2D eigenvalue weighted by molar-refractivity contribution is 0.151. The summed E-state index contributed by atoms with van der Waals surface area (Å²) in [5, 5.41) is 3.59. The molecule has 0 radical (unpaired) electrons. The van der Waals surface area contributed by atoms with Crippen molar-refractivity contribution >= 4 is 12.6 Å². The van der Waals surface area contributed by atoms with Gasteiger partial charge in [0.25, 0.3) is 6.43 Å². The monoisotopic (exact) mass is 212 g/mol. The molecule has 0 saturated heterocycles. The number of benzene rings is 1. The van der Waals surface area contributed by atoms with Gasteiger partial charge >= 0.3 is 0 Å². The molecule has 0 N–H and O–H groups in total. The molecule has 0 atom stereocenters. The van der Waals surface area contributed by atoms with Crippen LogP contribution in [-0.2, 0) is 4.84 Å². The number of rotatable bonds is 3. The van der Waals surface area contributed by atoms with Gasteiger partial charge in [-0.15, -0.1) is 0 Å². The van der Waals surface area contributed by atoms with Crippen LogP contribution in [0.5, 0.6) is 0 Å². The zero-order valence-electron chi connectivity index (χ0n) is 8.15. The van der Waals surface area contributed by atoms with E-state index in [1.165, 1.54) is 31.4 Å². The van der Waals surface area contributed by atoms with Crippen molar-refractivity contribution in [3.63, 3.8) is 0 Å². The summed E-state index contributed by atoms with van der Waals surface area (Å²) in [6.07, 6.45) is -2.47. The van der Waals surface area contributed by atoms with Crippen LogP contribution in [0.25, 0.3) is 0 Å². The standard InChI is InChI=1S/C10H10F2N2O/c1-13-10(14-15-2)8-5-3-7(4-6-8)9(11)12/h3-6,9H,1H2,2H3/b14-10-. The van der Waals surface area contributed by atoms with E-state index in [0.29, 0.717) is 5.56 Å². The van der Waals surface area contributed by atoms with Crippen LogP contribution in [0.15, 0.2) is 34.4 Å². The van der Waals surface area contributed by atoms with E-state index in [1.54, 1.807) is 0 Å². The third kappa shape index (κ3) is 2.83. The Morgan fingerprint density at radius 1 is 1.33 bits per heavy atom. The van der Waals surface area contributed by atoms with E-state index in [9.17, 15) is 8.78 Å². The SMILES string of the molecule is C=N/C(=N\OC)c1ccc(C(F)F)cc1. The fourth-order valence-corrected chi connectivity index (χ4v) is 1.04. The molecule has 0 saturated carbocycles. The van der Waals surface area contributed by atoms with Crippen LogP contribution in [0.2, 0.25) is 0 Å². The van der Waals surface area contributed by atoms with Gasteiger partial charge in [0, 0.05) is 11.1 Å². The zero-order valence-corrected chi connectivity index (χ0v) is 8.15. The molecule has 3 nitrogen and oxygen atoms in total. The smallest absolute Gasteiger partial charge is 0.263 e. The minimum atomic E-state index is -2.47.